The van der Waals surface area contributed by atoms with Crippen molar-refractivity contribution in [2.24, 2.45) is 0 Å². The molecule has 1 heterocycles. The summed E-state index contributed by atoms with van der Waals surface area (Å²) in [4.78, 5) is 2.56. The molecule has 1 saturated heterocycles. The average Bonchev–Trinajstić information content (AvgIpc) is 2.98. The van der Waals surface area contributed by atoms with Crippen molar-refractivity contribution in [1.29, 1.82) is 0 Å². The van der Waals surface area contributed by atoms with Gasteiger partial charge >= 0.3 is 0 Å². The van der Waals surface area contributed by atoms with E-state index >= 15 is 0 Å². The van der Waals surface area contributed by atoms with Crippen LogP contribution in [0.25, 0.3) is 0 Å². The van der Waals surface area contributed by atoms with Crippen LogP contribution >= 0.6 is 30.1 Å². The standard InChI is InChI=1S/C14H17IN2O2S2/c1-16(2)21(18,19)13-5-6-14(17-8-3-4-9-17)12(11-13)7-10-20-15/h5-6,11H,3-4,8-9H2,1-2H3. The Bertz CT molecular complexity index is 672. The molecule has 0 N–H and O–H groups in total. The van der Waals surface area contributed by atoms with Crippen molar-refractivity contribution >= 4 is 45.8 Å². The van der Waals surface area contributed by atoms with Crippen molar-refractivity contribution in [3.05, 3.63) is 23.8 Å². The monoisotopic (exact) mass is 436 g/mol. The molecule has 7 heteroatoms. The average molecular weight is 436 g/mol. The van der Waals surface area contributed by atoms with Crippen molar-refractivity contribution in [3.8, 4) is 11.2 Å². The number of nitrogens with zero attached hydrogens (tertiary/aromatic N) is 2. The Balaban J connectivity index is 2.49. The SMILES string of the molecule is CN(C)S(=O)(=O)c1ccc(N2CCCC2)c(C#CSI)c1. The van der Waals surface area contributed by atoms with Gasteiger partial charge in [0.25, 0.3) is 0 Å². The van der Waals surface area contributed by atoms with Gasteiger partial charge in [0.05, 0.1) is 16.1 Å². The third-order valence-electron chi connectivity index (χ3n) is 3.42. The Kier molecular flexibility index (Phi) is 5.82. The van der Waals surface area contributed by atoms with E-state index < -0.39 is 10.0 Å². The number of hydrogen-bond donors (Lipinski definition) is 0. The maximum Gasteiger partial charge on any atom is 0.242 e. The minimum Gasteiger partial charge on any atom is -0.371 e. The molecule has 4 nitrogen and oxygen atoms in total. The van der Waals surface area contributed by atoms with Crippen LogP contribution in [0.5, 0.6) is 0 Å². The number of anilines is 1. The summed E-state index contributed by atoms with van der Waals surface area (Å²) < 4.78 is 25.7. The van der Waals surface area contributed by atoms with E-state index in [2.05, 4.69) is 37.3 Å². The number of benzene rings is 1. The van der Waals surface area contributed by atoms with Gasteiger partial charge < -0.3 is 4.90 Å². The first-order valence-corrected chi connectivity index (χ1v) is 11.4. The molecule has 2 rings (SSSR count). The van der Waals surface area contributed by atoms with Crippen LogP contribution in [0.2, 0.25) is 0 Å². The van der Waals surface area contributed by atoms with Gasteiger partial charge in [-0.25, -0.2) is 12.7 Å². The van der Waals surface area contributed by atoms with Crippen molar-refractivity contribution in [1.82, 2.24) is 4.31 Å². The van der Waals surface area contributed by atoms with Gasteiger partial charge in [-0.05, 0) is 45.2 Å². The summed E-state index contributed by atoms with van der Waals surface area (Å²) in [6.45, 7) is 2.01. The second-order valence-corrected chi connectivity index (χ2v) is 8.80. The van der Waals surface area contributed by atoms with E-state index in [1.165, 1.54) is 40.2 Å². The summed E-state index contributed by atoms with van der Waals surface area (Å²) in [6.07, 6.45) is 2.34. The van der Waals surface area contributed by atoms with Gasteiger partial charge in [-0.1, -0.05) is 5.92 Å². The molecule has 1 aliphatic heterocycles. The van der Waals surface area contributed by atoms with E-state index in [-0.39, 0.29) is 0 Å². The molecule has 1 aromatic carbocycles. The third kappa shape index (κ3) is 3.86. The molecule has 0 saturated carbocycles. The van der Waals surface area contributed by atoms with Crippen molar-refractivity contribution in [2.75, 3.05) is 32.1 Å². The van der Waals surface area contributed by atoms with Crippen LogP contribution in [-0.4, -0.2) is 39.9 Å². The summed E-state index contributed by atoms with van der Waals surface area (Å²) >= 11 is 2.11. The Morgan fingerprint density at radius 2 is 1.95 bits per heavy atom. The molecule has 21 heavy (non-hydrogen) atoms. The Labute approximate surface area is 142 Å². The third-order valence-corrected chi connectivity index (χ3v) is 6.07. The molecule has 0 amide bonds. The van der Waals surface area contributed by atoms with Crippen molar-refractivity contribution in [2.45, 2.75) is 17.7 Å². The summed E-state index contributed by atoms with van der Waals surface area (Å²) in [5.41, 5.74) is 1.81. The van der Waals surface area contributed by atoms with Gasteiger partial charge in [-0.3, -0.25) is 0 Å². The summed E-state index contributed by atoms with van der Waals surface area (Å²) in [6, 6.07) is 5.23. The molecule has 0 atom stereocenters. The number of sulfonamides is 1. The number of rotatable bonds is 3. The molecule has 0 aliphatic carbocycles. The first-order chi connectivity index (χ1) is 9.96. The summed E-state index contributed by atoms with van der Waals surface area (Å²) in [5.74, 6) is 3.07. The lowest BCUT2D eigenvalue weighted by atomic mass is 10.1. The van der Waals surface area contributed by atoms with Crippen LogP contribution in [0.15, 0.2) is 23.1 Å². The van der Waals surface area contributed by atoms with E-state index in [1.54, 1.807) is 12.1 Å². The minimum absolute atomic E-state index is 0.290. The molecule has 0 radical (unpaired) electrons. The van der Waals surface area contributed by atoms with Crippen LogP contribution in [0.4, 0.5) is 5.69 Å². The Hall–Kier alpha value is -0.430. The van der Waals surface area contributed by atoms with E-state index in [0.717, 1.165) is 24.3 Å². The van der Waals surface area contributed by atoms with Gasteiger partial charge in [-0.15, -0.1) is 0 Å². The fraction of sp³-hybridized carbons (Fsp3) is 0.429. The van der Waals surface area contributed by atoms with Crippen molar-refractivity contribution in [3.63, 3.8) is 0 Å². The smallest absolute Gasteiger partial charge is 0.242 e. The molecule has 0 aromatic heterocycles. The lowest BCUT2D eigenvalue weighted by Crippen LogP contribution is -2.23. The van der Waals surface area contributed by atoms with Crippen LogP contribution in [0.1, 0.15) is 18.4 Å². The zero-order chi connectivity index (χ0) is 15.5. The summed E-state index contributed by atoms with van der Waals surface area (Å²) in [5, 5.41) is 2.95. The fourth-order valence-electron chi connectivity index (χ4n) is 2.29. The van der Waals surface area contributed by atoms with Crippen LogP contribution in [0.3, 0.4) is 0 Å². The van der Waals surface area contributed by atoms with Crippen molar-refractivity contribution < 1.29 is 8.42 Å². The fourth-order valence-corrected chi connectivity index (χ4v) is 3.70. The molecule has 0 unspecified atom stereocenters. The predicted molar refractivity (Wildman–Crippen MR) is 97.3 cm³/mol. The summed E-state index contributed by atoms with van der Waals surface area (Å²) in [7, 11) is 1.05. The van der Waals surface area contributed by atoms with Gasteiger partial charge in [0.15, 0.2) is 0 Å². The maximum atomic E-state index is 12.2. The number of hydrogen-bond acceptors (Lipinski definition) is 4. The van der Waals surface area contributed by atoms with Gasteiger partial charge in [0.2, 0.25) is 10.0 Å². The van der Waals surface area contributed by atoms with E-state index in [0.29, 0.717) is 4.90 Å². The topological polar surface area (TPSA) is 40.6 Å². The minimum atomic E-state index is -3.43. The lowest BCUT2D eigenvalue weighted by molar-refractivity contribution is 0.520. The highest BCUT2D eigenvalue weighted by Gasteiger charge is 2.21. The Morgan fingerprint density at radius 1 is 1.29 bits per heavy atom. The molecule has 114 valence electrons. The van der Waals surface area contributed by atoms with E-state index in [1.807, 2.05) is 6.07 Å². The lowest BCUT2D eigenvalue weighted by Gasteiger charge is -2.20. The first kappa shape index (κ1) is 16.9. The van der Waals surface area contributed by atoms with E-state index in [9.17, 15) is 8.42 Å². The number of halogens is 1. The van der Waals surface area contributed by atoms with Gasteiger partial charge in [0.1, 0.15) is 0 Å². The van der Waals surface area contributed by atoms with Gasteiger partial charge in [0, 0.05) is 48.4 Å². The maximum absolute atomic E-state index is 12.2. The predicted octanol–water partition coefficient (Wildman–Crippen LogP) is 2.93. The highest BCUT2D eigenvalue weighted by molar-refractivity contribution is 14.2. The first-order valence-electron chi connectivity index (χ1n) is 6.57. The largest absolute Gasteiger partial charge is 0.371 e. The second-order valence-electron chi connectivity index (χ2n) is 4.96. The Morgan fingerprint density at radius 3 is 2.52 bits per heavy atom. The van der Waals surface area contributed by atoms with Crippen LogP contribution < -0.4 is 4.90 Å². The van der Waals surface area contributed by atoms with Crippen LogP contribution in [0, 0.1) is 11.2 Å². The quantitative estimate of drug-likeness (QED) is 0.540. The molecule has 0 bridgehead atoms. The zero-order valence-corrected chi connectivity index (χ0v) is 15.8. The van der Waals surface area contributed by atoms with Gasteiger partial charge in [-0.2, -0.15) is 0 Å². The highest BCUT2D eigenvalue weighted by Crippen LogP contribution is 2.27. The van der Waals surface area contributed by atoms with E-state index in [4.69, 9.17) is 0 Å². The zero-order valence-electron chi connectivity index (χ0n) is 12.0. The molecular formula is C14H17IN2O2S2. The second kappa shape index (κ2) is 7.22. The molecule has 1 aromatic rings. The molecule has 1 aliphatic rings. The van der Waals surface area contributed by atoms with Crippen LogP contribution in [-0.2, 0) is 10.0 Å². The molecular weight excluding hydrogens is 419 g/mol. The molecule has 1 fully saturated rings. The normalized spacial score (nSPS) is 15.1. The molecule has 0 spiro atoms. The highest BCUT2D eigenvalue weighted by atomic mass is 127.